The van der Waals surface area contributed by atoms with Crippen molar-refractivity contribution in [2.75, 3.05) is 7.11 Å². The molecule has 0 saturated carbocycles. The third-order valence-electron chi connectivity index (χ3n) is 2.10. The third kappa shape index (κ3) is 3.20. The zero-order valence-electron chi connectivity index (χ0n) is 9.04. The lowest BCUT2D eigenvalue weighted by Crippen LogP contribution is -2.45. The molecule has 1 heterocycles. The molecule has 0 saturated heterocycles. The summed E-state index contributed by atoms with van der Waals surface area (Å²) >= 11 is 0. The molecule has 0 aliphatic rings. The van der Waals surface area contributed by atoms with Gasteiger partial charge in [0, 0.05) is 12.3 Å². The highest BCUT2D eigenvalue weighted by molar-refractivity contribution is 5.85. The summed E-state index contributed by atoms with van der Waals surface area (Å²) in [5, 5.41) is 0. The lowest BCUT2D eigenvalue weighted by atomic mass is 10.0. The van der Waals surface area contributed by atoms with E-state index in [1.165, 1.54) is 7.11 Å². The molecule has 0 bridgehead atoms. The van der Waals surface area contributed by atoms with Gasteiger partial charge in [0.25, 0.3) is 0 Å². The first-order valence-corrected chi connectivity index (χ1v) is 4.40. The molecule has 104 valence electrons. The largest absolute Gasteiger partial charge is 0.481 e. The van der Waals surface area contributed by atoms with Crippen LogP contribution in [-0.2, 0) is 0 Å². The van der Waals surface area contributed by atoms with E-state index in [2.05, 4.69) is 9.72 Å². The number of halogens is 6. The molecule has 1 atom stereocenters. The minimum atomic E-state index is -5.70. The average Bonchev–Trinajstić information content (AvgIpc) is 2.26. The highest BCUT2D eigenvalue weighted by atomic mass is 35.5. The predicted molar refractivity (Wildman–Crippen MR) is 56.0 cm³/mol. The highest BCUT2D eigenvalue weighted by Crippen LogP contribution is 2.43. The molecule has 9 heteroatoms. The van der Waals surface area contributed by atoms with Gasteiger partial charge in [0.15, 0.2) is 0 Å². The van der Waals surface area contributed by atoms with E-state index >= 15 is 0 Å². The van der Waals surface area contributed by atoms with Crippen LogP contribution in [0.25, 0.3) is 0 Å². The van der Waals surface area contributed by atoms with E-state index in [4.69, 9.17) is 5.73 Å². The average molecular weight is 293 g/mol. The Kier molecular flexibility index (Phi) is 5.30. The van der Waals surface area contributed by atoms with Crippen molar-refractivity contribution in [3.8, 4) is 5.88 Å². The van der Waals surface area contributed by atoms with Gasteiger partial charge in [-0.15, -0.1) is 12.4 Å². The minimum Gasteiger partial charge on any atom is -0.481 e. The molecule has 0 aromatic carbocycles. The first kappa shape index (κ1) is 16.9. The van der Waals surface area contributed by atoms with Crippen LogP contribution in [0.3, 0.4) is 0 Å². The molecule has 1 aromatic rings. The van der Waals surface area contributed by atoms with Crippen molar-refractivity contribution >= 4 is 12.4 Å². The third-order valence-corrected chi connectivity index (χ3v) is 2.10. The van der Waals surface area contributed by atoms with Gasteiger partial charge in [-0.3, -0.25) is 0 Å². The number of hydrogen-bond acceptors (Lipinski definition) is 3. The SMILES string of the molecule is COc1ccc([C@@H](N)C(F)(F)C(F)(F)F)cn1.Cl. The number of nitrogens with two attached hydrogens (primary N) is 1. The number of hydrogen-bond donors (Lipinski definition) is 1. The van der Waals surface area contributed by atoms with Gasteiger partial charge in [0.2, 0.25) is 5.88 Å². The first-order chi connectivity index (χ1) is 7.70. The molecule has 0 aliphatic carbocycles. The van der Waals surface area contributed by atoms with E-state index < -0.39 is 23.7 Å². The maximum atomic E-state index is 12.9. The summed E-state index contributed by atoms with van der Waals surface area (Å²) in [6.07, 6.45) is -4.88. The quantitative estimate of drug-likeness (QED) is 0.872. The van der Waals surface area contributed by atoms with Gasteiger partial charge in [-0.2, -0.15) is 22.0 Å². The number of methoxy groups -OCH3 is 1. The van der Waals surface area contributed by atoms with Crippen LogP contribution in [-0.4, -0.2) is 24.2 Å². The molecule has 18 heavy (non-hydrogen) atoms. The Balaban J connectivity index is 0.00000289. The Morgan fingerprint density at radius 3 is 2.11 bits per heavy atom. The zero-order valence-corrected chi connectivity index (χ0v) is 9.86. The van der Waals surface area contributed by atoms with Gasteiger partial charge >= 0.3 is 12.1 Å². The Bertz CT molecular complexity index is 382. The van der Waals surface area contributed by atoms with E-state index in [0.29, 0.717) is 0 Å². The topological polar surface area (TPSA) is 48.1 Å². The number of aromatic nitrogens is 1. The van der Waals surface area contributed by atoms with E-state index in [1.54, 1.807) is 0 Å². The second-order valence-electron chi connectivity index (χ2n) is 3.23. The maximum Gasteiger partial charge on any atom is 0.455 e. The van der Waals surface area contributed by atoms with Crippen LogP contribution in [0, 0.1) is 0 Å². The van der Waals surface area contributed by atoms with Crippen LogP contribution in [0.1, 0.15) is 11.6 Å². The fourth-order valence-electron chi connectivity index (χ4n) is 1.08. The highest BCUT2D eigenvalue weighted by Gasteiger charge is 2.61. The van der Waals surface area contributed by atoms with E-state index in [0.717, 1.165) is 18.3 Å². The molecule has 2 N–H and O–H groups in total. The van der Waals surface area contributed by atoms with E-state index in [1.807, 2.05) is 0 Å². The van der Waals surface area contributed by atoms with Crippen molar-refractivity contribution in [2.24, 2.45) is 5.73 Å². The van der Waals surface area contributed by atoms with Gasteiger partial charge < -0.3 is 10.5 Å². The van der Waals surface area contributed by atoms with Crippen LogP contribution >= 0.6 is 12.4 Å². The molecule has 0 fully saturated rings. The van der Waals surface area contributed by atoms with E-state index in [9.17, 15) is 22.0 Å². The Morgan fingerprint density at radius 2 is 1.78 bits per heavy atom. The van der Waals surface area contributed by atoms with Gasteiger partial charge in [0.1, 0.15) is 6.04 Å². The van der Waals surface area contributed by atoms with Crippen molar-refractivity contribution in [3.05, 3.63) is 23.9 Å². The molecule has 1 rings (SSSR count). The van der Waals surface area contributed by atoms with Crippen LogP contribution in [0.5, 0.6) is 5.88 Å². The Morgan fingerprint density at radius 1 is 1.22 bits per heavy atom. The number of rotatable bonds is 3. The summed E-state index contributed by atoms with van der Waals surface area (Å²) in [7, 11) is 1.28. The zero-order chi connectivity index (χ0) is 13.3. The number of alkyl halides is 5. The van der Waals surface area contributed by atoms with Crippen molar-refractivity contribution in [1.82, 2.24) is 4.98 Å². The molecule has 0 aliphatic heterocycles. The molecule has 0 spiro atoms. The van der Waals surface area contributed by atoms with E-state index in [-0.39, 0.29) is 18.3 Å². The number of pyridine rings is 1. The summed E-state index contributed by atoms with van der Waals surface area (Å²) in [5.41, 5.74) is 4.48. The fraction of sp³-hybridized carbons (Fsp3) is 0.444. The second-order valence-corrected chi connectivity index (χ2v) is 3.23. The van der Waals surface area contributed by atoms with Crippen LogP contribution in [0.15, 0.2) is 18.3 Å². The molecule has 1 aromatic heterocycles. The van der Waals surface area contributed by atoms with Crippen molar-refractivity contribution < 1.29 is 26.7 Å². The Labute approximate surface area is 106 Å². The van der Waals surface area contributed by atoms with Crippen molar-refractivity contribution in [2.45, 2.75) is 18.1 Å². The summed E-state index contributed by atoms with van der Waals surface area (Å²) in [4.78, 5) is 3.51. The van der Waals surface area contributed by atoms with Gasteiger partial charge in [-0.25, -0.2) is 4.98 Å². The Hall–Kier alpha value is -1.15. The summed E-state index contributed by atoms with van der Waals surface area (Å²) in [6.45, 7) is 0. The lowest BCUT2D eigenvalue weighted by molar-refractivity contribution is -0.291. The molecule has 0 unspecified atom stereocenters. The maximum absolute atomic E-state index is 12.9. The van der Waals surface area contributed by atoms with Gasteiger partial charge in [0.05, 0.1) is 7.11 Å². The molecule has 3 nitrogen and oxygen atoms in total. The predicted octanol–water partition coefficient (Wildman–Crippen LogP) is 2.71. The van der Waals surface area contributed by atoms with Crippen LogP contribution in [0.4, 0.5) is 22.0 Å². The molecular formula is C9H10ClF5N2O. The standard InChI is InChI=1S/C9H9F5N2O.ClH/c1-17-6-3-2-5(4-16-6)7(15)8(10,11)9(12,13)14;/h2-4,7H,15H2,1H3;1H/t7-;/m1./s1. The van der Waals surface area contributed by atoms with Gasteiger partial charge in [-0.1, -0.05) is 6.07 Å². The number of ether oxygens (including phenoxy) is 1. The summed E-state index contributed by atoms with van der Waals surface area (Å²) < 4.78 is 66.5. The number of nitrogens with zero attached hydrogens (tertiary/aromatic N) is 1. The molecule has 0 amide bonds. The molecule has 0 radical (unpaired) electrons. The van der Waals surface area contributed by atoms with Crippen molar-refractivity contribution in [3.63, 3.8) is 0 Å². The second kappa shape index (κ2) is 5.66. The smallest absolute Gasteiger partial charge is 0.455 e. The van der Waals surface area contributed by atoms with Gasteiger partial charge in [-0.05, 0) is 5.56 Å². The minimum absolute atomic E-state index is 0. The summed E-state index contributed by atoms with van der Waals surface area (Å²) in [6, 6.07) is -0.335. The van der Waals surface area contributed by atoms with Crippen LogP contribution < -0.4 is 10.5 Å². The summed E-state index contributed by atoms with van der Waals surface area (Å²) in [5.74, 6) is -4.92. The van der Waals surface area contributed by atoms with Crippen LogP contribution in [0.2, 0.25) is 0 Å². The van der Waals surface area contributed by atoms with Crippen molar-refractivity contribution in [1.29, 1.82) is 0 Å². The lowest BCUT2D eigenvalue weighted by Gasteiger charge is -2.25. The molecular weight excluding hydrogens is 283 g/mol. The fourth-order valence-corrected chi connectivity index (χ4v) is 1.08. The first-order valence-electron chi connectivity index (χ1n) is 4.40. The monoisotopic (exact) mass is 292 g/mol. The normalized spacial score (nSPS) is 13.7.